The summed E-state index contributed by atoms with van der Waals surface area (Å²) < 4.78 is 11.7. The molecule has 0 saturated carbocycles. The number of ether oxygens (including phenoxy) is 2. The van der Waals surface area contributed by atoms with Crippen molar-refractivity contribution < 1.29 is 43.3 Å². The van der Waals surface area contributed by atoms with Crippen LogP contribution in [0.3, 0.4) is 0 Å². The van der Waals surface area contributed by atoms with E-state index in [0.717, 1.165) is 0 Å². The van der Waals surface area contributed by atoms with Crippen LogP contribution in [0.15, 0.2) is 66.7 Å². The molecule has 3 aliphatic heterocycles. The van der Waals surface area contributed by atoms with Crippen LogP contribution in [-0.4, -0.2) is 120 Å². The number of carbonyl (C=O) groups excluding carboxylic acids is 6. The number of benzene rings is 3. The third kappa shape index (κ3) is 9.16. The maximum Gasteiger partial charge on any atom is 0.246 e. The molecule has 1 fully saturated rings. The van der Waals surface area contributed by atoms with Crippen molar-refractivity contribution in [2.45, 2.75) is 76.3 Å². The van der Waals surface area contributed by atoms with Gasteiger partial charge in [-0.25, -0.2) is 0 Å². The Balaban J connectivity index is 1.58. The summed E-state index contributed by atoms with van der Waals surface area (Å²) in [6.07, 6.45) is 0.0624. The fraction of sp³-hybridized carbons (Fsp3) is 0.400. The van der Waals surface area contributed by atoms with Crippen molar-refractivity contribution in [3.8, 4) is 23.0 Å². The predicted molar refractivity (Wildman–Crippen MR) is 201 cm³/mol. The molecule has 0 unspecified atom stereocenters. The third-order valence-corrected chi connectivity index (χ3v) is 10.1. The molecule has 0 radical (unpaired) electrons. The van der Waals surface area contributed by atoms with Gasteiger partial charge in [0.15, 0.2) is 11.5 Å². The van der Waals surface area contributed by atoms with E-state index in [1.807, 2.05) is 0 Å². The number of hydrogen-bond donors (Lipinski definition) is 4. The Bertz CT molecular complexity index is 1940. The van der Waals surface area contributed by atoms with Crippen LogP contribution in [0.25, 0.3) is 0 Å². The minimum Gasteiger partial charge on any atom is -0.508 e. The number of amides is 6. The Labute approximate surface area is 319 Å². The molecule has 6 atom stereocenters. The van der Waals surface area contributed by atoms with E-state index in [9.17, 15) is 33.9 Å². The van der Waals surface area contributed by atoms with Crippen molar-refractivity contribution in [3.63, 3.8) is 0 Å². The number of fused-ring (bicyclic) bond motifs is 2. The Kier molecular flexibility index (Phi) is 12.3. The van der Waals surface area contributed by atoms with Crippen LogP contribution in [0.1, 0.15) is 37.5 Å². The molecule has 0 aliphatic carbocycles. The summed E-state index contributed by atoms with van der Waals surface area (Å²) in [6.45, 7) is 4.40. The molecule has 1 saturated heterocycles. The summed E-state index contributed by atoms with van der Waals surface area (Å²) in [4.78, 5) is 87.8. The predicted octanol–water partition coefficient (Wildman–Crippen LogP) is 1.54. The van der Waals surface area contributed by atoms with Gasteiger partial charge in [-0.1, -0.05) is 30.3 Å². The molecule has 0 spiro atoms. The molecule has 15 nitrogen and oxygen atoms in total. The van der Waals surface area contributed by atoms with Gasteiger partial charge in [0.25, 0.3) is 0 Å². The first-order chi connectivity index (χ1) is 26.1. The van der Waals surface area contributed by atoms with Crippen LogP contribution in [0.2, 0.25) is 0 Å². The van der Waals surface area contributed by atoms with Gasteiger partial charge in [-0.15, -0.1) is 0 Å². The fourth-order valence-electron chi connectivity index (χ4n) is 6.70. The SMILES string of the molecule is COc1ccc2cc1Oc1ccc(cc1)C[C@H]1C(=O)N(C)[C@@H](C2)C(=O)N[C@H](C)C(=O)N[C@@H](C)C(=O)N(C)[C@@H](Cc2ccc(O)cc2)C(=O)N[C@@H](C)C(=O)N1C. The van der Waals surface area contributed by atoms with Crippen LogP contribution in [0.5, 0.6) is 23.0 Å². The summed E-state index contributed by atoms with van der Waals surface area (Å²) in [5, 5.41) is 17.9. The van der Waals surface area contributed by atoms with E-state index in [-0.39, 0.29) is 25.0 Å². The quantitative estimate of drug-likeness (QED) is 0.308. The molecule has 6 bridgehead atoms. The number of nitrogens with one attached hydrogen (secondary N) is 3. The highest BCUT2D eigenvalue weighted by Gasteiger charge is 2.39. The van der Waals surface area contributed by atoms with E-state index in [1.54, 1.807) is 54.6 Å². The second-order valence-electron chi connectivity index (χ2n) is 14.1. The Hall–Kier alpha value is -6.12. The lowest BCUT2D eigenvalue weighted by Crippen LogP contribution is -2.61. The van der Waals surface area contributed by atoms with E-state index >= 15 is 0 Å². The standard InChI is InChI=1S/C40H48N6O9/c1-22-35(48)42-23(2)38(51)44(4)30(18-25-8-13-28(47)14-9-25)37(50)43-24(3)39(52)46(6)32-19-26-10-15-29(16-11-26)55-34-21-27(12-17-33(34)54-7)20-31(36(49)41-22)45(5)40(32)53/h8-17,21-24,30-32,47H,18-20H2,1-7H3,(H,41,49)(H,42,48)(H,43,50)/t22-,23+,24+,30+,31+,32+/m1/s1. The van der Waals surface area contributed by atoms with Gasteiger partial charge in [-0.05, 0) is 73.9 Å². The zero-order valence-electron chi connectivity index (χ0n) is 32.0. The van der Waals surface area contributed by atoms with E-state index in [4.69, 9.17) is 9.47 Å². The molecule has 3 aliphatic rings. The number of phenolic OH excluding ortho intramolecular Hbond substituents is 1. The van der Waals surface area contributed by atoms with Gasteiger partial charge in [-0.2, -0.15) is 0 Å². The first-order valence-electron chi connectivity index (χ1n) is 18.0. The molecular weight excluding hydrogens is 708 g/mol. The van der Waals surface area contributed by atoms with Crippen LogP contribution in [-0.2, 0) is 48.0 Å². The molecule has 292 valence electrons. The van der Waals surface area contributed by atoms with Crippen molar-refractivity contribution in [2.24, 2.45) is 0 Å². The van der Waals surface area contributed by atoms with Crippen molar-refractivity contribution in [2.75, 3.05) is 28.3 Å². The zero-order valence-corrected chi connectivity index (χ0v) is 32.0. The Morgan fingerprint density at radius 2 is 1.20 bits per heavy atom. The molecule has 3 aromatic carbocycles. The molecule has 0 aromatic heterocycles. The summed E-state index contributed by atoms with van der Waals surface area (Å²) in [7, 11) is 5.85. The third-order valence-electron chi connectivity index (χ3n) is 10.1. The Morgan fingerprint density at radius 3 is 1.84 bits per heavy atom. The largest absolute Gasteiger partial charge is 0.508 e. The number of phenols is 1. The van der Waals surface area contributed by atoms with Gasteiger partial charge < -0.3 is 45.2 Å². The minimum atomic E-state index is -1.17. The van der Waals surface area contributed by atoms with Crippen LogP contribution < -0.4 is 25.4 Å². The normalized spacial score (nSPS) is 24.6. The van der Waals surface area contributed by atoms with Crippen LogP contribution in [0.4, 0.5) is 0 Å². The van der Waals surface area contributed by atoms with Crippen molar-refractivity contribution >= 4 is 35.4 Å². The van der Waals surface area contributed by atoms with Crippen LogP contribution >= 0.6 is 0 Å². The molecule has 4 N–H and O–H groups in total. The first-order valence-corrected chi connectivity index (χ1v) is 18.0. The first kappa shape index (κ1) is 40.1. The molecular formula is C40H48N6O9. The molecule has 6 rings (SSSR count). The van der Waals surface area contributed by atoms with Gasteiger partial charge in [0, 0.05) is 40.4 Å². The fourth-order valence-corrected chi connectivity index (χ4v) is 6.70. The summed E-state index contributed by atoms with van der Waals surface area (Å²) in [6, 6.07) is 11.4. The number of likely N-dealkylation sites (N-methyl/N-ethyl adjacent to an activating group) is 3. The average Bonchev–Trinajstić information content (AvgIpc) is 3.16. The highest BCUT2D eigenvalue weighted by Crippen LogP contribution is 2.34. The van der Waals surface area contributed by atoms with Gasteiger partial charge in [0.05, 0.1) is 7.11 Å². The van der Waals surface area contributed by atoms with Gasteiger partial charge in [0.1, 0.15) is 47.8 Å². The average molecular weight is 757 g/mol. The topological polar surface area (TPSA) is 187 Å². The monoisotopic (exact) mass is 756 g/mol. The maximum absolute atomic E-state index is 14.6. The molecule has 15 heteroatoms. The van der Waals surface area contributed by atoms with E-state index in [1.165, 1.54) is 75.9 Å². The highest BCUT2D eigenvalue weighted by molar-refractivity contribution is 5.98. The van der Waals surface area contributed by atoms with Crippen molar-refractivity contribution in [1.82, 2.24) is 30.7 Å². The number of nitrogens with zero attached hydrogens (tertiary/aromatic N) is 3. The van der Waals surface area contributed by atoms with Gasteiger partial charge >= 0.3 is 0 Å². The minimum absolute atomic E-state index is 0.000700. The molecule has 6 amide bonds. The molecule has 3 aromatic rings. The van der Waals surface area contributed by atoms with Crippen molar-refractivity contribution in [3.05, 3.63) is 83.4 Å². The van der Waals surface area contributed by atoms with E-state index < -0.39 is 71.7 Å². The lowest BCUT2D eigenvalue weighted by molar-refractivity contribution is -0.149. The maximum atomic E-state index is 14.6. The molecule has 55 heavy (non-hydrogen) atoms. The van der Waals surface area contributed by atoms with Gasteiger partial charge in [0.2, 0.25) is 35.4 Å². The summed E-state index contributed by atoms with van der Waals surface area (Å²) in [5.41, 5.74) is 1.92. The summed E-state index contributed by atoms with van der Waals surface area (Å²) in [5.74, 6) is -2.36. The lowest BCUT2D eigenvalue weighted by Gasteiger charge is -2.36. The second kappa shape index (κ2) is 16.9. The number of carbonyl (C=O) groups is 6. The number of methoxy groups -OCH3 is 1. The highest BCUT2D eigenvalue weighted by atomic mass is 16.5. The smallest absolute Gasteiger partial charge is 0.246 e. The number of rotatable bonds is 3. The van der Waals surface area contributed by atoms with Crippen LogP contribution in [0, 0.1) is 0 Å². The zero-order chi connectivity index (χ0) is 40.1. The van der Waals surface area contributed by atoms with Crippen molar-refractivity contribution in [1.29, 1.82) is 0 Å². The summed E-state index contributed by atoms with van der Waals surface area (Å²) >= 11 is 0. The molecule has 3 heterocycles. The van der Waals surface area contributed by atoms with E-state index in [2.05, 4.69) is 16.0 Å². The number of hydrogen-bond acceptors (Lipinski definition) is 9. The second-order valence-corrected chi connectivity index (χ2v) is 14.1. The lowest BCUT2D eigenvalue weighted by atomic mass is 9.98. The number of aromatic hydroxyl groups is 1. The Morgan fingerprint density at radius 1 is 0.655 bits per heavy atom. The van der Waals surface area contributed by atoms with Gasteiger partial charge in [-0.3, -0.25) is 28.8 Å². The van der Waals surface area contributed by atoms with E-state index in [0.29, 0.717) is 33.9 Å².